The third-order valence-corrected chi connectivity index (χ3v) is 15.6. The van der Waals surface area contributed by atoms with Gasteiger partial charge in [-0.3, -0.25) is 0 Å². The second-order valence-corrected chi connectivity index (χ2v) is 19.8. The van der Waals surface area contributed by atoms with E-state index < -0.39 is 13.6 Å². The lowest BCUT2D eigenvalue weighted by Crippen LogP contribution is -2.46. The molecular weight excluding hydrogens is 919 g/mol. The van der Waals surface area contributed by atoms with Gasteiger partial charge >= 0.3 is 8.80 Å². The quantitative estimate of drug-likeness (QED) is 0.0540. The maximum absolute atomic E-state index is 6.20. The van der Waals surface area contributed by atoms with Crippen molar-refractivity contribution in [3.8, 4) is 23.0 Å². The largest absolute Gasteiger partial charge is 0.500 e. The predicted octanol–water partition coefficient (Wildman–Crippen LogP) is 9.58. The summed E-state index contributed by atoms with van der Waals surface area (Å²) in [5.41, 5.74) is 4.07. The molecule has 1 aliphatic rings. The third-order valence-electron chi connectivity index (χ3n) is 10.8. The Bertz CT molecular complexity index is 2070. The van der Waals surface area contributed by atoms with Gasteiger partial charge in [0.15, 0.2) is 23.0 Å². The highest BCUT2D eigenvalue weighted by Crippen LogP contribution is 2.48. The molecule has 0 amide bonds. The fourth-order valence-electron chi connectivity index (χ4n) is 7.75. The van der Waals surface area contributed by atoms with Crippen LogP contribution in [0, 0.1) is 0 Å². The fourth-order valence-corrected chi connectivity index (χ4v) is 12.1. The molecule has 0 aliphatic carbocycles. The van der Waals surface area contributed by atoms with E-state index in [0.29, 0.717) is 142 Å². The Balaban J connectivity index is 1.02. The van der Waals surface area contributed by atoms with Gasteiger partial charge in [-0.05, 0) is 80.3 Å². The number of benzene rings is 4. The van der Waals surface area contributed by atoms with E-state index in [4.69, 9.17) is 65.6 Å². The van der Waals surface area contributed by atoms with Crippen LogP contribution in [0.2, 0.25) is 6.04 Å². The first-order chi connectivity index (χ1) is 34.1. The number of hydrogen-bond acceptors (Lipinski definition) is 15. The first kappa shape index (κ1) is 53.9. The summed E-state index contributed by atoms with van der Waals surface area (Å²) in [6.45, 7) is 13.4. The van der Waals surface area contributed by atoms with Crippen LogP contribution >= 0.6 is 11.8 Å². The van der Waals surface area contributed by atoms with Crippen LogP contribution in [0.4, 0.5) is 0 Å². The Morgan fingerprint density at radius 1 is 0.536 bits per heavy atom. The van der Waals surface area contributed by atoms with Crippen molar-refractivity contribution in [3.63, 3.8) is 0 Å². The zero-order chi connectivity index (χ0) is 48.1. The van der Waals surface area contributed by atoms with Crippen LogP contribution in [-0.2, 0) is 54.7 Å². The zero-order valence-corrected chi connectivity index (χ0v) is 42.4. The number of para-hydroxylation sites is 2. The summed E-state index contributed by atoms with van der Waals surface area (Å²) >= 11 is 1.85. The molecule has 2 heterocycles. The van der Waals surface area contributed by atoms with Crippen LogP contribution in [0.1, 0.15) is 61.8 Å². The van der Waals surface area contributed by atoms with Crippen LogP contribution in [0.15, 0.2) is 114 Å². The fraction of sp³-hybridized carbons (Fsp3) is 0.491. The maximum Gasteiger partial charge on any atom is 0.500 e. The molecule has 0 spiro atoms. The van der Waals surface area contributed by atoms with Crippen molar-refractivity contribution in [2.24, 2.45) is 0 Å². The van der Waals surface area contributed by atoms with Gasteiger partial charge in [-0.15, -0.1) is 11.8 Å². The lowest BCUT2D eigenvalue weighted by Gasteiger charge is -2.33. The van der Waals surface area contributed by atoms with E-state index in [1.165, 1.54) is 0 Å². The monoisotopic (exact) mass is 989 g/mol. The van der Waals surface area contributed by atoms with Crippen molar-refractivity contribution in [3.05, 3.63) is 137 Å². The van der Waals surface area contributed by atoms with Gasteiger partial charge in [-0.1, -0.05) is 84.0 Å². The number of ether oxygens (including phenoxy) is 9. The highest BCUT2D eigenvalue weighted by Gasteiger charge is 2.42. The minimum atomic E-state index is -2.80. The smallest absolute Gasteiger partial charge is 0.487 e. The summed E-state index contributed by atoms with van der Waals surface area (Å²) < 4.78 is 77.2. The van der Waals surface area contributed by atoms with E-state index >= 15 is 0 Å². The van der Waals surface area contributed by atoms with Gasteiger partial charge in [0.25, 0.3) is 0 Å². The summed E-state index contributed by atoms with van der Waals surface area (Å²) in [7, 11) is -2.80. The summed E-state index contributed by atoms with van der Waals surface area (Å²) in [5.74, 6) is 4.18. The average molecular weight is 990 g/mol. The molecule has 69 heavy (non-hydrogen) atoms. The summed E-state index contributed by atoms with van der Waals surface area (Å²) in [5, 5.41) is 4.77. The topological polar surface area (TPSA) is 137 Å². The number of aryl methyl sites for hydroxylation is 1. The molecule has 0 saturated heterocycles. The minimum Gasteiger partial charge on any atom is -0.487 e. The molecule has 1 aromatic heterocycles. The lowest BCUT2D eigenvalue weighted by molar-refractivity contribution is 0.0223. The molecule has 0 unspecified atom stereocenters. The van der Waals surface area contributed by atoms with Crippen LogP contribution in [0.3, 0.4) is 0 Å². The second-order valence-electron chi connectivity index (χ2n) is 15.8. The minimum absolute atomic E-state index is 0.333. The molecule has 0 atom stereocenters. The highest BCUT2D eigenvalue weighted by molar-refractivity contribution is 8.00. The number of hydrogen-bond donors (Lipinski definition) is 0. The second kappa shape index (κ2) is 31.0. The molecule has 14 nitrogen and oxygen atoms in total. The van der Waals surface area contributed by atoms with E-state index in [9.17, 15) is 0 Å². The van der Waals surface area contributed by atoms with Gasteiger partial charge in [-0.2, -0.15) is 0 Å². The van der Waals surface area contributed by atoms with Crippen molar-refractivity contribution in [1.29, 1.82) is 0 Å². The molecule has 0 N–H and O–H groups in total. The standard InChI is InChI=1S/C53H71NO13SSi/c1-4-64-69(65-5-2,66-6-3)40-16-39-68-53(45-17-9-7-10-18-45,46-19-11-8-12-20-46)52-42-47(67-54-52)21-15-26-59-43-44-24-25-50-51(41-44)63-38-34-58-30-29-56-32-36-61-49-23-14-13-22-48(49)60-35-31-55-27-28-57-33-37-62-50/h7-14,17-20,22-25,41-42H,4-6,15-16,21,26-40,43H2,1-3H3. The van der Waals surface area contributed by atoms with E-state index in [-0.39, 0.29) is 0 Å². The molecule has 376 valence electrons. The van der Waals surface area contributed by atoms with Crippen molar-refractivity contribution < 1.29 is 60.4 Å². The van der Waals surface area contributed by atoms with E-state index in [1.54, 1.807) is 0 Å². The molecule has 0 saturated carbocycles. The number of rotatable bonds is 20. The Labute approximate surface area is 413 Å². The number of fused-ring (bicyclic) bond motifs is 2. The summed E-state index contributed by atoms with van der Waals surface area (Å²) in [6, 6.07) is 37.4. The molecular formula is C53H71NO13SSi. The first-order valence-corrected chi connectivity index (χ1v) is 27.3. The highest BCUT2D eigenvalue weighted by atomic mass is 32.2. The van der Waals surface area contributed by atoms with Gasteiger partial charge in [-0.25, -0.2) is 0 Å². The molecule has 5 aromatic rings. The SMILES string of the molecule is CCO[Si](CCCSC(c1ccccc1)(c1ccccc1)c1cc(CCCOCc2ccc3c(c2)OCCOCCOCCOc2ccccc2OCCOCCOCCO3)on1)(OCC)OCC. The molecule has 1 aliphatic heterocycles. The normalized spacial score (nSPS) is 15.3. The van der Waals surface area contributed by atoms with Gasteiger partial charge < -0.3 is 60.4 Å². The molecule has 0 radical (unpaired) electrons. The molecule has 0 bridgehead atoms. The summed E-state index contributed by atoms with van der Waals surface area (Å²) in [4.78, 5) is 0. The van der Waals surface area contributed by atoms with Crippen LogP contribution < -0.4 is 18.9 Å². The Morgan fingerprint density at radius 2 is 1.01 bits per heavy atom. The third kappa shape index (κ3) is 17.4. The van der Waals surface area contributed by atoms with Gasteiger partial charge in [0, 0.05) is 45.0 Å². The Kier molecular flexibility index (Phi) is 24.2. The van der Waals surface area contributed by atoms with Gasteiger partial charge in [0.1, 0.15) is 42.6 Å². The number of nitrogens with zero attached hydrogens (tertiary/aromatic N) is 1. The van der Waals surface area contributed by atoms with Crippen molar-refractivity contribution in [2.45, 2.75) is 57.4 Å². The Hall–Kier alpha value is -4.46. The molecule has 4 aromatic carbocycles. The lowest BCUT2D eigenvalue weighted by atomic mass is 9.87. The number of thioether (sulfide) groups is 1. The molecule has 6 rings (SSSR count). The van der Waals surface area contributed by atoms with Crippen molar-refractivity contribution >= 4 is 20.6 Å². The van der Waals surface area contributed by atoms with Gasteiger partial charge in [0.05, 0.1) is 59.5 Å². The van der Waals surface area contributed by atoms with E-state index in [2.05, 4.69) is 54.6 Å². The maximum atomic E-state index is 6.20. The first-order valence-electron chi connectivity index (χ1n) is 24.3. The molecule has 16 heteroatoms. The van der Waals surface area contributed by atoms with Crippen molar-refractivity contribution in [1.82, 2.24) is 5.16 Å². The van der Waals surface area contributed by atoms with Crippen molar-refractivity contribution in [2.75, 3.05) is 111 Å². The predicted molar refractivity (Wildman–Crippen MR) is 268 cm³/mol. The molecule has 0 fully saturated rings. The summed E-state index contributed by atoms with van der Waals surface area (Å²) in [6.07, 6.45) is 2.26. The zero-order valence-electron chi connectivity index (χ0n) is 40.6. The average Bonchev–Trinajstić information content (AvgIpc) is 3.85. The van der Waals surface area contributed by atoms with Crippen LogP contribution in [0.5, 0.6) is 23.0 Å². The van der Waals surface area contributed by atoms with Crippen LogP contribution in [-0.4, -0.2) is 125 Å². The van der Waals surface area contributed by atoms with E-state index in [1.807, 2.05) is 87.1 Å². The Morgan fingerprint density at radius 3 is 1.54 bits per heavy atom. The van der Waals surface area contributed by atoms with Gasteiger partial charge in [0.2, 0.25) is 0 Å². The number of aromatic nitrogens is 1. The van der Waals surface area contributed by atoms with Crippen LogP contribution in [0.25, 0.3) is 0 Å². The van der Waals surface area contributed by atoms with E-state index in [0.717, 1.165) is 52.8 Å².